The van der Waals surface area contributed by atoms with Gasteiger partial charge in [0.05, 0.1) is 5.52 Å². The number of benzene rings is 1. The van der Waals surface area contributed by atoms with Crippen molar-refractivity contribution >= 4 is 39.7 Å². The standard InChI is InChI=1S/C23H36N6S/c1-5-28(6-2)11-7-10-24-23(30)25-19-8-9-21-20(17-19)18(3)16-22(26-21)29-14-12-27(4)13-15-29/h8-9,16-17H,5-7,10-15H2,1-4H3,(H2,24,25,30). The van der Waals surface area contributed by atoms with E-state index in [9.17, 15) is 0 Å². The van der Waals surface area contributed by atoms with E-state index in [1.54, 1.807) is 0 Å². The van der Waals surface area contributed by atoms with Gasteiger partial charge in [0.2, 0.25) is 0 Å². The summed E-state index contributed by atoms with van der Waals surface area (Å²) < 4.78 is 0. The topological polar surface area (TPSA) is 46.7 Å². The maximum absolute atomic E-state index is 5.48. The Bertz CT molecular complexity index is 843. The number of aryl methyl sites for hydroxylation is 1. The smallest absolute Gasteiger partial charge is 0.170 e. The molecule has 0 unspecified atom stereocenters. The van der Waals surface area contributed by atoms with Crippen LogP contribution in [0.1, 0.15) is 25.8 Å². The van der Waals surface area contributed by atoms with Crippen LogP contribution < -0.4 is 15.5 Å². The summed E-state index contributed by atoms with van der Waals surface area (Å²) in [6.45, 7) is 15.0. The molecule has 1 aliphatic rings. The molecule has 7 heteroatoms. The lowest BCUT2D eigenvalue weighted by molar-refractivity contribution is 0.300. The third-order valence-corrected chi connectivity index (χ3v) is 6.16. The number of hydrogen-bond acceptors (Lipinski definition) is 5. The van der Waals surface area contributed by atoms with Crippen LogP contribution in [0.3, 0.4) is 0 Å². The van der Waals surface area contributed by atoms with Gasteiger partial charge in [0, 0.05) is 43.8 Å². The Hall–Kier alpha value is -1.96. The van der Waals surface area contributed by atoms with Gasteiger partial charge >= 0.3 is 0 Å². The Morgan fingerprint density at radius 2 is 1.87 bits per heavy atom. The molecular formula is C23H36N6S. The van der Waals surface area contributed by atoms with Gasteiger partial charge in [-0.2, -0.15) is 0 Å². The van der Waals surface area contributed by atoms with Crippen molar-refractivity contribution < 1.29 is 0 Å². The molecule has 0 aliphatic carbocycles. The van der Waals surface area contributed by atoms with Crippen LogP contribution in [0.2, 0.25) is 0 Å². The zero-order valence-corrected chi connectivity index (χ0v) is 19.7. The Kier molecular flexibility index (Phi) is 8.24. The minimum Gasteiger partial charge on any atom is -0.362 e. The molecule has 0 bridgehead atoms. The van der Waals surface area contributed by atoms with Crippen molar-refractivity contribution in [3.63, 3.8) is 0 Å². The zero-order valence-electron chi connectivity index (χ0n) is 18.9. The third-order valence-electron chi connectivity index (χ3n) is 5.92. The van der Waals surface area contributed by atoms with Crippen molar-refractivity contribution in [1.82, 2.24) is 20.1 Å². The normalized spacial score (nSPS) is 15.0. The van der Waals surface area contributed by atoms with Crippen LogP contribution in [-0.2, 0) is 0 Å². The molecule has 3 rings (SSSR count). The van der Waals surface area contributed by atoms with Gasteiger partial charge in [0.15, 0.2) is 5.11 Å². The van der Waals surface area contributed by atoms with E-state index >= 15 is 0 Å². The maximum Gasteiger partial charge on any atom is 0.170 e. The molecule has 164 valence electrons. The van der Waals surface area contributed by atoms with Crippen LogP contribution >= 0.6 is 12.2 Å². The lowest BCUT2D eigenvalue weighted by atomic mass is 10.1. The largest absolute Gasteiger partial charge is 0.362 e. The average molecular weight is 429 g/mol. The fraction of sp³-hybridized carbons (Fsp3) is 0.565. The highest BCUT2D eigenvalue weighted by atomic mass is 32.1. The van der Waals surface area contributed by atoms with Gasteiger partial charge < -0.3 is 25.3 Å². The maximum atomic E-state index is 5.48. The molecule has 2 N–H and O–H groups in total. The van der Waals surface area contributed by atoms with Gasteiger partial charge in [0.25, 0.3) is 0 Å². The van der Waals surface area contributed by atoms with E-state index < -0.39 is 0 Å². The molecular weight excluding hydrogens is 392 g/mol. The second-order valence-corrected chi connectivity index (χ2v) is 8.49. The second kappa shape index (κ2) is 10.9. The van der Waals surface area contributed by atoms with E-state index in [1.165, 1.54) is 10.9 Å². The number of nitrogens with zero attached hydrogens (tertiary/aromatic N) is 4. The molecule has 1 saturated heterocycles. The molecule has 30 heavy (non-hydrogen) atoms. The molecule has 2 heterocycles. The number of anilines is 2. The van der Waals surface area contributed by atoms with E-state index in [0.717, 1.165) is 75.8 Å². The molecule has 0 atom stereocenters. The Balaban J connectivity index is 1.59. The summed E-state index contributed by atoms with van der Waals surface area (Å²) in [5, 5.41) is 8.49. The van der Waals surface area contributed by atoms with Crippen molar-refractivity contribution in [3.05, 3.63) is 29.8 Å². The summed E-state index contributed by atoms with van der Waals surface area (Å²) in [6.07, 6.45) is 1.08. The van der Waals surface area contributed by atoms with Crippen molar-refractivity contribution in [3.8, 4) is 0 Å². The first-order chi connectivity index (χ1) is 14.5. The average Bonchev–Trinajstić information content (AvgIpc) is 2.74. The highest BCUT2D eigenvalue weighted by Gasteiger charge is 2.16. The first-order valence-corrected chi connectivity index (χ1v) is 11.5. The molecule has 0 radical (unpaired) electrons. The highest BCUT2D eigenvalue weighted by molar-refractivity contribution is 7.80. The number of aromatic nitrogens is 1. The minimum absolute atomic E-state index is 0.675. The molecule has 1 fully saturated rings. The van der Waals surface area contributed by atoms with E-state index in [1.807, 2.05) is 0 Å². The second-order valence-electron chi connectivity index (χ2n) is 8.08. The predicted octanol–water partition coefficient (Wildman–Crippen LogP) is 3.31. The van der Waals surface area contributed by atoms with Crippen LogP contribution in [-0.4, -0.2) is 79.3 Å². The fourth-order valence-corrected chi connectivity index (χ4v) is 4.09. The molecule has 6 nitrogen and oxygen atoms in total. The number of fused-ring (bicyclic) bond motifs is 1. The van der Waals surface area contributed by atoms with Crippen LogP contribution in [0.25, 0.3) is 10.9 Å². The summed E-state index contributed by atoms with van der Waals surface area (Å²) in [4.78, 5) is 12.1. The van der Waals surface area contributed by atoms with Crippen LogP contribution in [0, 0.1) is 6.92 Å². The third kappa shape index (κ3) is 6.03. The molecule has 0 saturated carbocycles. The lowest BCUT2D eigenvalue weighted by Gasteiger charge is -2.33. The summed E-state index contributed by atoms with van der Waals surface area (Å²) in [5.41, 5.74) is 3.28. The van der Waals surface area contributed by atoms with E-state index in [4.69, 9.17) is 17.2 Å². The van der Waals surface area contributed by atoms with E-state index in [2.05, 4.69) is 77.4 Å². The number of likely N-dealkylation sites (N-methyl/N-ethyl adjacent to an activating group) is 1. The first-order valence-electron chi connectivity index (χ1n) is 11.1. The molecule has 1 aromatic heterocycles. The summed E-state index contributed by atoms with van der Waals surface area (Å²) in [7, 11) is 2.18. The van der Waals surface area contributed by atoms with E-state index in [-0.39, 0.29) is 0 Å². The number of thiocarbonyl (C=S) groups is 1. The Labute approximate surface area is 186 Å². The van der Waals surface area contributed by atoms with Crippen molar-refractivity contribution in [1.29, 1.82) is 0 Å². The Morgan fingerprint density at radius 1 is 1.13 bits per heavy atom. The van der Waals surface area contributed by atoms with Crippen LogP contribution in [0.5, 0.6) is 0 Å². The summed E-state index contributed by atoms with van der Waals surface area (Å²) >= 11 is 5.48. The van der Waals surface area contributed by atoms with Crippen LogP contribution in [0.4, 0.5) is 11.5 Å². The minimum atomic E-state index is 0.675. The van der Waals surface area contributed by atoms with Crippen LogP contribution in [0.15, 0.2) is 24.3 Å². The zero-order chi connectivity index (χ0) is 21.5. The Morgan fingerprint density at radius 3 is 2.57 bits per heavy atom. The quantitative estimate of drug-likeness (QED) is 0.494. The molecule has 2 aromatic rings. The van der Waals surface area contributed by atoms with Crippen molar-refractivity contribution in [2.75, 3.05) is 69.6 Å². The SMILES string of the molecule is CCN(CC)CCCNC(=S)Nc1ccc2nc(N3CCN(C)CC3)cc(C)c2c1. The number of hydrogen-bond donors (Lipinski definition) is 2. The van der Waals surface area contributed by atoms with Gasteiger partial charge in [-0.15, -0.1) is 0 Å². The van der Waals surface area contributed by atoms with Crippen molar-refractivity contribution in [2.24, 2.45) is 0 Å². The molecule has 1 aliphatic heterocycles. The molecule has 1 aromatic carbocycles. The monoisotopic (exact) mass is 428 g/mol. The fourth-order valence-electron chi connectivity index (χ4n) is 3.87. The highest BCUT2D eigenvalue weighted by Crippen LogP contribution is 2.26. The number of rotatable bonds is 8. The van der Waals surface area contributed by atoms with Gasteiger partial charge in [-0.3, -0.25) is 0 Å². The van der Waals surface area contributed by atoms with E-state index in [0.29, 0.717) is 5.11 Å². The molecule has 0 amide bonds. The lowest BCUT2D eigenvalue weighted by Crippen LogP contribution is -2.44. The first kappa shape index (κ1) is 22.7. The van der Waals surface area contributed by atoms with Gasteiger partial charge in [0.1, 0.15) is 5.82 Å². The van der Waals surface area contributed by atoms with Gasteiger partial charge in [-0.25, -0.2) is 4.98 Å². The summed E-state index contributed by atoms with van der Waals surface area (Å²) in [6, 6.07) is 8.51. The molecule has 0 spiro atoms. The number of nitrogens with one attached hydrogen (secondary N) is 2. The number of pyridine rings is 1. The predicted molar refractivity (Wildman–Crippen MR) is 133 cm³/mol. The van der Waals surface area contributed by atoms with Gasteiger partial charge in [-0.1, -0.05) is 13.8 Å². The van der Waals surface area contributed by atoms with Crippen molar-refractivity contribution in [2.45, 2.75) is 27.2 Å². The number of piperazine rings is 1. The van der Waals surface area contributed by atoms with Gasteiger partial charge in [-0.05, 0) is 82.1 Å². The summed E-state index contributed by atoms with van der Waals surface area (Å²) in [5.74, 6) is 1.08.